The number of aromatic carboxylic acids is 1. The summed E-state index contributed by atoms with van der Waals surface area (Å²) in [6.07, 6.45) is 2.00. The number of halogens is 1. The second-order valence-corrected chi connectivity index (χ2v) is 4.72. The van der Waals surface area contributed by atoms with Crippen molar-refractivity contribution in [2.45, 2.75) is 12.7 Å². The summed E-state index contributed by atoms with van der Waals surface area (Å²) >= 11 is 0. The van der Waals surface area contributed by atoms with Crippen LogP contribution in [0.5, 0.6) is 5.88 Å². The molecule has 1 aliphatic heterocycles. The number of carboxylic acid groups (broad SMARTS) is 1. The van der Waals surface area contributed by atoms with Gasteiger partial charge in [-0.25, -0.2) is 14.2 Å². The summed E-state index contributed by atoms with van der Waals surface area (Å²) in [6.45, 7) is 0. The molecule has 3 rings (SSSR count). The molecule has 0 saturated carbocycles. The Labute approximate surface area is 130 Å². The van der Waals surface area contributed by atoms with Crippen LogP contribution in [-0.2, 0) is 15.9 Å². The van der Waals surface area contributed by atoms with Crippen LogP contribution in [0, 0.1) is 5.82 Å². The van der Waals surface area contributed by atoms with Crippen LogP contribution in [0.4, 0.5) is 4.39 Å². The quantitative estimate of drug-likeness (QED) is 0.913. The SMILES string of the molecule is O=C(O)c1cc(F)cnc1OC1=COC(Cc2ccccc2)O1. The minimum Gasteiger partial charge on any atom is -0.477 e. The Morgan fingerprint density at radius 2 is 2.13 bits per heavy atom. The summed E-state index contributed by atoms with van der Waals surface area (Å²) in [7, 11) is 0. The number of aromatic nitrogens is 1. The standard InChI is InChI=1S/C16H12FNO5/c17-11-7-12(16(19)20)15(18-8-11)23-14-9-21-13(22-14)6-10-4-2-1-3-5-10/h1-5,7-9,13H,6H2,(H,19,20). The number of ether oxygens (including phenoxy) is 3. The van der Waals surface area contributed by atoms with E-state index in [1.54, 1.807) is 0 Å². The van der Waals surface area contributed by atoms with Crippen LogP contribution in [0.15, 0.2) is 54.8 Å². The van der Waals surface area contributed by atoms with Crippen molar-refractivity contribution in [3.8, 4) is 5.88 Å². The van der Waals surface area contributed by atoms with Gasteiger partial charge >= 0.3 is 11.9 Å². The second-order valence-electron chi connectivity index (χ2n) is 4.72. The van der Waals surface area contributed by atoms with Crippen molar-refractivity contribution < 1.29 is 28.5 Å². The molecule has 0 bridgehead atoms. The van der Waals surface area contributed by atoms with E-state index in [2.05, 4.69) is 4.98 Å². The van der Waals surface area contributed by atoms with Gasteiger partial charge in [-0.2, -0.15) is 0 Å². The molecule has 7 heteroatoms. The normalized spacial score (nSPS) is 16.2. The van der Waals surface area contributed by atoms with E-state index in [9.17, 15) is 9.18 Å². The van der Waals surface area contributed by atoms with Crippen LogP contribution < -0.4 is 4.74 Å². The highest BCUT2D eigenvalue weighted by Crippen LogP contribution is 2.24. The maximum absolute atomic E-state index is 13.1. The van der Waals surface area contributed by atoms with Crippen molar-refractivity contribution in [3.05, 3.63) is 71.7 Å². The molecule has 1 aliphatic rings. The summed E-state index contributed by atoms with van der Waals surface area (Å²) in [5.41, 5.74) is 0.610. The Balaban J connectivity index is 1.65. The highest BCUT2D eigenvalue weighted by molar-refractivity contribution is 5.90. The number of carbonyl (C=O) groups is 1. The summed E-state index contributed by atoms with van der Waals surface area (Å²) in [6, 6.07) is 10.4. The number of nitrogens with zero attached hydrogens (tertiary/aromatic N) is 1. The average Bonchev–Trinajstić information content (AvgIpc) is 2.97. The van der Waals surface area contributed by atoms with Gasteiger partial charge in [0, 0.05) is 6.42 Å². The second kappa shape index (κ2) is 6.35. The van der Waals surface area contributed by atoms with E-state index in [0.717, 1.165) is 17.8 Å². The van der Waals surface area contributed by atoms with Crippen molar-refractivity contribution in [1.29, 1.82) is 0 Å². The van der Waals surface area contributed by atoms with Gasteiger partial charge in [0.2, 0.25) is 12.2 Å². The fourth-order valence-corrected chi connectivity index (χ4v) is 2.02. The molecular weight excluding hydrogens is 305 g/mol. The number of hydrogen-bond acceptors (Lipinski definition) is 5. The first-order chi connectivity index (χ1) is 11.1. The highest BCUT2D eigenvalue weighted by Gasteiger charge is 2.24. The summed E-state index contributed by atoms with van der Waals surface area (Å²) in [4.78, 5) is 14.7. The van der Waals surface area contributed by atoms with Gasteiger partial charge in [0.05, 0.1) is 6.20 Å². The van der Waals surface area contributed by atoms with Crippen LogP contribution in [-0.4, -0.2) is 22.3 Å². The lowest BCUT2D eigenvalue weighted by Crippen LogP contribution is -2.14. The summed E-state index contributed by atoms with van der Waals surface area (Å²) in [5.74, 6) is -2.43. The van der Waals surface area contributed by atoms with Gasteiger partial charge in [-0.3, -0.25) is 0 Å². The highest BCUT2D eigenvalue weighted by atomic mass is 19.1. The van der Waals surface area contributed by atoms with Gasteiger partial charge in [0.15, 0.2) is 6.26 Å². The Kier molecular flexibility index (Phi) is 4.09. The maximum Gasteiger partial charge on any atom is 0.341 e. The minimum atomic E-state index is -1.35. The van der Waals surface area contributed by atoms with Gasteiger partial charge in [0.25, 0.3) is 0 Å². The van der Waals surface area contributed by atoms with E-state index in [1.165, 1.54) is 6.26 Å². The third-order valence-electron chi connectivity index (χ3n) is 3.05. The van der Waals surface area contributed by atoms with E-state index in [1.807, 2.05) is 30.3 Å². The first kappa shape index (κ1) is 14.8. The molecule has 1 aromatic heterocycles. The van der Waals surface area contributed by atoms with Crippen molar-refractivity contribution in [2.24, 2.45) is 0 Å². The number of carboxylic acids is 1. The molecule has 0 fully saturated rings. The predicted molar refractivity (Wildman–Crippen MR) is 76.0 cm³/mol. The van der Waals surface area contributed by atoms with E-state index in [0.29, 0.717) is 6.42 Å². The Morgan fingerprint density at radius 3 is 2.87 bits per heavy atom. The molecule has 2 heterocycles. The molecule has 0 amide bonds. The molecule has 0 aliphatic carbocycles. The zero-order valence-corrected chi connectivity index (χ0v) is 11.8. The van der Waals surface area contributed by atoms with Crippen molar-refractivity contribution in [1.82, 2.24) is 4.98 Å². The fraction of sp³-hybridized carbons (Fsp3) is 0.125. The van der Waals surface area contributed by atoms with E-state index in [-0.39, 0.29) is 11.8 Å². The monoisotopic (exact) mass is 317 g/mol. The van der Waals surface area contributed by atoms with Gasteiger partial charge in [-0.15, -0.1) is 0 Å². The molecule has 0 spiro atoms. The van der Waals surface area contributed by atoms with Crippen LogP contribution in [0.3, 0.4) is 0 Å². The third kappa shape index (κ3) is 3.57. The number of hydrogen-bond donors (Lipinski definition) is 1. The molecule has 6 nitrogen and oxygen atoms in total. The first-order valence-corrected chi connectivity index (χ1v) is 6.75. The third-order valence-corrected chi connectivity index (χ3v) is 3.05. The molecule has 1 unspecified atom stereocenters. The van der Waals surface area contributed by atoms with E-state index >= 15 is 0 Å². The van der Waals surface area contributed by atoms with Gasteiger partial charge in [-0.05, 0) is 11.6 Å². The van der Waals surface area contributed by atoms with Crippen LogP contribution in [0.25, 0.3) is 0 Å². The minimum absolute atomic E-state index is 0.0347. The number of rotatable bonds is 5. The molecule has 1 N–H and O–H groups in total. The van der Waals surface area contributed by atoms with Crippen molar-refractivity contribution >= 4 is 5.97 Å². The lowest BCUT2D eigenvalue weighted by Gasteiger charge is -2.12. The molecule has 23 heavy (non-hydrogen) atoms. The Morgan fingerprint density at radius 1 is 1.35 bits per heavy atom. The largest absolute Gasteiger partial charge is 0.477 e. The predicted octanol–water partition coefficient (Wildman–Crippen LogP) is 2.71. The van der Waals surface area contributed by atoms with Crippen molar-refractivity contribution in [2.75, 3.05) is 0 Å². The molecular formula is C16H12FNO5. The summed E-state index contributed by atoms with van der Waals surface area (Å²) in [5, 5.41) is 9.03. The lowest BCUT2D eigenvalue weighted by atomic mass is 10.1. The van der Waals surface area contributed by atoms with Crippen LogP contribution >= 0.6 is 0 Å². The van der Waals surface area contributed by atoms with E-state index in [4.69, 9.17) is 19.3 Å². The molecule has 118 valence electrons. The van der Waals surface area contributed by atoms with Gasteiger partial charge in [0.1, 0.15) is 11.4 Å². The molecule has 2 aromatic rings. The van der Waals surface area contributed by atoms with Gasteiger partial charge < -0.3 is 19.3 Å². The van der Waals surface area contributed by atoms with Crippen LogP contribution in [0.1, 0.15) is 15.9 Å². The van der Waals surface area contributed by atoms with E-state index < -0.39 is 23.6 Å². The summed E-state index contributed by atoms with van der Waals surface area (Å²) < 4.78 is 29.1. The lowest BCUT2D eigenvalue weighted by molar-refractivity contribution is -0.0525. The van der Waals surface area contributed by atoms with Crippen molar-refractivity contribution in [3.63, 3.8) is 0 Å². The topological polar surface area (TPSA) is 77.9 Å². The first-order valence-electron chi connectivity index (χ1n) is 6.75. The molecule has 0 radical (unpaired) electrons. The smallest absolute Gasteiger partial charge is 0.341 e. The maximum atomic E-state index is 13.1. The van der Waals surface area contributed by atoms with Gasteiger partial charge in [-0.1, -0.05) is 30.3 Å². The zero-order valence-electron chi connectivity index (χ0n) is 11.8. The average molecular weight is 317 g/mol. The fourth-order valence-electron chi connectivity index (χ4n) is 2.02. The Hall–Kier alpha value is -3.09. The number of pyridine rings is 1. The van der Waals surface area contributed by atoms with Crippen LogP contribution in [0.2, 0.25) is 0 Å². The Bertz CT molecular complexity index is 747. The molecule has 0 saturated heterocycles. The molecule has 1 aromatic carbocycles. The number of benzene rings is 1. The molecule has 1 atom stereocenters. The zero-order chi connectivity index (χ0) is 16.2.